The number of nitrogens with one attached hydrogen (secondary N) is 1. The van der Waals surface area contributed by atoms with Crippen LogP contribution in [0.1, 0.15) is 25.3 Å². The highest BCUT2D eigenvalue weighted by Gasteiger charge is 2.03. The molecular formula is C20H22ClNO3. The molecule has 0 radical (unpaired) electrons. The Hall–Kier alpha value is -2.46. The van der Waals surface area contributed by atoms with Crippen molar-refractivity contribution in [3.63, 3.8) is 0 Å². The van der Waals surface area contributed by atoms with Crippen LogP contribution in [0.5, 0.6) is 11.5 Å². The minimum absolute atomic E-state index is 0.232. The maximum absolute atomic E-state index is 12.0. The minimum Gasteiger partial charge on any atom is -0.495 e. The SMILES string of the molecule is CCCCOc1ccc(C=CC(=O)Nc2ccc(OC)c(Cl)c2)cc1. The molecule has 25 heavy (non-hydrogen) atoms. The Morgan fingerprint density at radius 1 is 1.20 bits per heavy atom. The Morgan fingerprint density at radius 2 is 1.96 bits per heavy atom. The second-order valence-corrected chi connectivity index (χ2v) is 5.85. The molecule has 0 spiro atoms. The van der Waals surface area contributed by atoms with Crippen molar-refractivity contribution in [2.45, 2.75) is 19.8 Å². The number of halogens is 1. The summed E-state index contributed by atoms with van der Waals surface area (Å²) in [5.74, 6) is 1.17. The molecule has 0 atom stereocenters. The first kappa shape index (κ1) is 18.9. The van der Waals surface area contributed by atoms with Crippen LogP contribution in [-0.2, 0) is 4.79 Å². The molecular weight excluding hydrogens is 338 g/mol. The normalized spacial score (nSPS) is 10.7. The van der Waals surface area contributed by atoms with Gasteiger partial charge in [0.1, 0.15) is 11.5 Å². The van der Waals surface area contributed by atoms with Crippen LogP contribution in [0.3, 0.4) is 0 Å². The van der Waals surface area contributed by atoms with E-state index in [1.54, 1.807) is 31.4 Å². The van der Waals surface area contributed by atoms with Crippen LogP contribution in [-0.4, -0.2) is 19.6 Å². The second-order valence-electron chi connectivity index (χ2n) is 5.44. The van der Waals surface area contributed by atoms with E-state index in [4.69, 9.17) is 21.1 Å². The fraction of sp³-hybridized carbons (Fsp3) is 0.250. The first-order chi connectivity index (χ1) is 12.1. The van der Waals surface area contributed by atoms with Gasteiger partial charge in [0, 0.05) is 11.8 Å². The molecule has 0 saturated heterocycles. The van der Waals surface area contributed by atoms with Crippen molar-refractivity contribution in [3.8, 4) is 11.5 Å². The number of benzene rings is 2. The molecule has 0 aliphatic carbocycles. The number of hydrogen-bond donors (Lipinski definition) is 1. The summed E-state index contributed by atoms with van der Waals surface area (Å²) in [5.41, 5.74) is 1.53. The molecule has 132 valence electrons. The third-order valence-electron chi connectivity index (χ3n) is 3.49. The van der Waals surface area contributed by atoms with Gasteiger partial charge in [-0.3, -0.25) is 4.79 Å². The van der Waals surface area contributed by atoms with Gasteiger partial charge in [0.25, 0.3) is 0 Å². The van der Waals surface area contributed by atoms with E-state index < -0.39 is 0 Å². The van der Waals surface area contributed by atoms with Crippen molar-refractivity contribution in [1.29, 1.82) is 0 Å². The summed E-state index contributed by atoms with van der Waals surface area (Å²) in [5, 5.41) is 3.21. The molecule has 0 aliphatic rings. The Morgan fingerprint density at radius 3 is 2.60 bits per heavy atom. The summed E-state index contributed by atoms with van der Waals surface area (Å²) < 4.78 is 10.7. The van der Waals surface area contributed by atoms with Crippen LogP contribution < -0.4 is 14.8 Å². The highest BCUT2D eigenvalue weighted by Crippen LogP contribution is 2.27. The Kier molecular flexibility index (Phi) is 7.36. The largest absolute Gasteiger partial charge is 0.495 e. The van der Waals surface area contributed by atoms with Crippen molar-refractivity contribution in [3.05, 3.63) is 59.1 Å². The van der Waals surface area contributed by atoms with Gasteiger partial charge in [0.2, 0.25) is 5.91 Å². The average Bonchev–Trinajstić information content (AvgIpc) is 2.61. The van der Waals surface area contributed by atoms with Gasteiger partial charge in [-0.2, -0.15) is 0 Å². The molecule has 0 unspecified atom stereocenters. The Bertz CT molecular complexity index is 726. The number of ether oxygens (including phenoxy) is 2. The van der Waals surface area contributed by atoms with E-state index >= 15 is 0 Å². The van der Waals surface area contributed by atoms with Gasteiger partial charge in [-0.15, -0.1) is 0 Å². The fourth-order valence-electron chi connectivity index (χ4n) is 2.11. The van der Waals surface area contributed by atoms with Gasteiger partial charge < -0.3 is 14.8 Å². The van der Waals surface area contributed by atoms with Gasteiger partial charge in [0.05, 0.1) is 18.7 Å². The summed E-state index contributed by atoms with van der Waals surface area (Å²) in [7, 11) is 1.54. The van der Waals surface area contributed by atoms with Crippen LogP contribution in [0, 0.1) is 0 Å². The van der Waals surface area contributed by atoms with Gasteiger partial charge in [-0.05, 0) is 48.4 Å². The molecule has 5 heteroatoms. The molecule has 2 rings (SSSR count). The van der Waals surface area contributed by atoms with E-state index in [2.05, 4.69) is 12.2 Å². The zero-order valence-corrected chi connectivity index (χ0v) is 15.2. The molecule has 0 saturated carbocycles. The average molecular weight is 360 g/mol. The van der Waals surface area contributed by atoms with Crippen LogP contribution in [0.4, 0.5) is 5.69 Å². The van der Waals surface area contributed by atoms with Gasteiger partial charge in [-0.25, -0.2) is 0 Å². The van der Waals surface area contributed by atoms with E-state index in [1.165, 1.54) is 6.08 Å². The molecule has 0 bridgehead atoms. The quantitative estimate of drug-likeness (QED) is 0.522. The first-order valence-electron chi connectivity index (χ1n) is 8.18. The van der Waals surface area contributed by atoms with Crippen LogP contribution in [0.15, 0.2) is 48.5 Å². The van der Waals surface area contributed by atoms with E-state index in [1.807, 2.05) is 24.3 Å². The molecule has 4 nitrogen and oxygen atoms in total. The third-order valence-corrected chi connectivity index (χ3v) is 3.79. The van der Waals surface area contributed by atoms with Crippen LogP contribution in [0.2, 0.25) is 5.02 Å². The lowest BCUT2D eigenvalue weighted by atomic mass is 10.2. The number of rotatable bonds is 8. The van der Waals surface area contributed by atoms with E-state index in [0.29, 0.717) is 16.5 Å². The summed E-state index contributed by atoms with van der Waals surface area (Å²) in [4.78, 5) is 12.0. The maximum Gasteiger partial charge on any atom is 0.248 e. The molecule has 0 heterocycles. The molecule has 1 amide bonds. The van der Waals surface area contributed by atoms with E-state index in [-0.39, 0.29) is 5.91 Å². The molecule has 0 aliphatic heterocycles. The second kappa shape index (κ2) is 9.74. The van der Waals surface area contributed by atoms with Gasteiger partial charge in [0.15, 0.2) is 0 Å². The van der Waals surface area contributed by atoms with E-state index in [9.17, 15) is 4.79 Å². The molecule has 2 aromatic carbocycles. The zero-order valence-electron chi connectivity index (χ0n) is 14.4. The number of methoxy groups -OCH3 is 1. The number of amides is 1. The lowest BCUT2D eigenvalue weighted by Gasteiger charge is -2.06. The lowest BCUT2D eigenvalue weighted by Crippen LogP contribution is -2.07. The summed E-state index contributed by atoms with van der Waals surface area (Å²) in [6.07, 6.45) is 5.37. The van der Waals surface area contributed by atoms with Crippen molar-refractivity contribution >= 4 is 29.3 Å². The molecule has 0 aromatic heterocycles. The van der Waals surface area contributed by atoms with Gasteiger partial charge in [-0.1, -0.05) is 37.1 Å². The summed E-state index contributed by atoms with van der Waals surface area (Å²) in [6.45, 7) is 2.85. The summed E-state index contributed by atoms with van der Waals surface area (Å²) >= 11 is 6.04. The smallest absolute Gasteiger partial charge is 0.248 e. The number of carbonyl (C=O) groups excluding carboxylic acids is 1. The van der Waals surface area contributed by atoms with Crippen molar-refractivity contribution < 1.29 is 14.3 Å². The Labute approximate surface area is 153 Å². The van der Waals surface area contributed by atoms with Crippen molar-refractivity contribution in [2.24, 2.45) is 0 Å². The monoisotopic (exact) mass is 359 g/mol. The van der Waals surface area contributed by atoms with Crippen molar-refractivity contribution in [2.75, 3.05) is 19.0 Å². The lowest BCUT2D eigenvalue weighted by molar-refractivity contribution is -0.111. The number of anilines is 1. The molecule has 0 fully saturated rings. The number of carbonyl (C=O) groups is 1. The number of hydrogen-bond acceptors (Lipinski definition) is 3. The highest BCUT2D eigenvalue weighted by molar-refractivity contribution is 6.32. The standard InChI is InChI=1S/C20H22ClNO3/c1-3-4-13-25-17-9-5-15(6-10-17)7-12-20(23)22-16-8-11-19(24-2)18(21)14-16/h5-12,14H,3-4,13H2,1-2H3,(H,22,23). The molecule has 2 aromatic rings. The fourth-order valence-corrected chi connectivity index (χ4v) is 2.37. The summed E-state index contributed by atoms with van der Waals surface area (Å²) in [6, 6.07) is 12.7. The highest BCUT2D eigenvalue weighted by atomic mass is 35.5. The zero-order chi connectivity index (χ0) is 18.1. The Balaban J connectivity index is 1.90. The molecule has 1 N–H and O–H groups in total. The van der Waals surface area contributed by atoms with Crippen LogP contribution in [0.25, 0.3) is 6.08 Å². The maximum atomic E-state index is 12.0. The predicted octanol–water partition coefficient (Wildman–Crippen LogP) is 5.18. The predicted molar refractivity (Wildman–Crippen MR) is 103 cm³/mol. The van der Waals surface area contributed by atoms with Gasteiger partial charge >= 0.3 is 0 Å². The number of unbranched alkanes of at least 4 members (excludes halogenated alkanes) is 1. The third kappa shape index (κ3) is 6.16. The van der Waals surface area contributed by atoms with E-state index in [0.717, 1.165) is 30.8 Å². The first-order valence-corrected chi connectivity index (χ1v) is 8.55. The van der Waals surface area contributed by atoms with Crippen molar-refractivity contribution in [1.82, 2.24) is 0 Å². The van der Waals surface area contributed by atoms with Crippen LogP contribution >= 0.6 is 11.6 Å². The minimum atomic E-state index is -0.232. The topological polar surface area (TPSA) is 47.6 Å².